The van der Waals surface area contributed by atoms with Crippen LogP contribution in [0.1, 0.15) is 45.4 Å². The number of carbonyl (C=O) groups excluding carboxylic acids is 1. The molecule has 1 aliphatic carbocycles. The van der Waals surface area contributed by atoms with Crippen LogP contribution in [-0.4, -0.2) is 45.1 Å². The highest BCUT2D eigenvalue weighted by Gasteiger charge is 2.57. The number of rotatable bonds is 2. The zero-order chi connectivity index (χ0) is 14.5. The maximum atomic E-state index is 13.0. The van der Waals surface area contributed by atoms with Crippen LogP contribution in [0, 0.1) is 11.3 Å². The van der Waals surface area contributed by atoms with E-state index in [1.54, 1.807) is 0 Å². The molecular formula is C14H23N3O3. The lowest BCUT2D eigenvalue weighted by atomic mass is 9.60. The lowest BCUT2D eigenvalue weighted by Crippen LogP contribution is -2.61. The number of nitrogens with zero attached hydrogens (tertiary/aromatic N) is 2. The first kappa shape index (κ1) is 13.7. The average molecular weight is 281 g/mol. The van der Waals surface area contributed by atoms with E-state index in [1.807, 2.05) is 4.90 Å². The van der Waals surface area contributed by atoms with Gasteiger partial charge in [0.2, 0.25) is 5.91 Å². The highest BCUT2D eigenvalue weighted by atomic mass is 16.4. The predicted molar refractivity (Wildman–Crippen MR) is 73.1 cm³/mol. The van der Waals surface area contributed by atoms with Crippen molar-refractivity contribution in [3.05, 3.63) is 0 Å². The van der Waals surface area contributed by atoms with Gasteiger partial charge < -0.3 is 20.9 Å². The Morgan fingerprint density at radius 1 is 1.30 bits per heavy atom. The van der Waals surface area contributed by atoms with Crippen LogP contribution in [0.4, 0.5) is 0 Å². The van der Waals surface area contributed by atoms with Gasteiger partial charge in [0.1, 0.15) is 5.41 Å². The lowest BCUT2D eigenvalue weighted by Gasteiger charge is -2.49. The summed E-state index contributed by atoms with van der Waals surface area (Å²) in [4.78, 5) is 14.9. The molecule has 0 aromatic rings. The van der Waals surface area contributed by atoms with Gasteiger partial charge in [0.15, 0.2) is 5.84 Å². The Bertz CT molecular complexity index is 431. The van der Waals surface area contributed by atoms with Gasteiger partial charge >= 0.3 is 0 Å². The SMILES string of the molecule is CC1CC(C(=O)N2C3CCC2CC(O)C3)(C(N)=NO)C1. The Labute approximate surface area is 118 Å². The number of hydrogen-bond donors (Lipinski definition) is 3. The predicted octanol–water partition coefficient (Wildman–Crippen LogP) is 0.663. The molecule has 1 amide bonds. The fourth-order valence-electron chi connectivity index (χ4n) is 4.45. The van der Waals surface area contributed by atoms with Crippen molar-refractivity contribution in [1.82, 2.24) is 4.90 Å². The minimum absolute atomic E-state index is 0.00491. The number of aliphatic hydroxyl groups is 1. The van der Waals surface area contributed by atoms with Crippen LogP contribution in [-0.2, 0) is 4.79 Å². The van der Waals surface area contributed by atoms with E-state index in [1.165, 1.54) is 0 Å². The normalized spacial score (nSPS) is 44.3. The molecule has 0 aromatic carbocycles. The fraction of sp³-hybridized carbons (Fsp3) is 0.857. The molecule has 3 fully saturated rings. The van der Waals surface area contributed by atoms with Crippen LogP contribution in [0.15, 0.2) is 5.16 Å². The quantitative estimate of drug-likeness (QED) is 0.300. The van der Waals surface area contributed by atoms with Gasteiger partial charge in [-0.15, -0.1) is 0 Å². The Hall–Kier alpha value is -1.30. The van der Waals surface area contributed by atoms with Crippen molar-refractivity contribution in [3.8, 4) is 0 Å². The second kappa shape index (κ2) is 4.62. The first-order valence-electron chi connectivity index (χ1n) is 7.47. The zero-order valence-corrected chi connectivity index (χ0v) is 11.8. The van der Waals surface area contributed by atoms with Crippen LogP contribution >= 0.6 is 0 Å². The summed E-state index contributed by atoms with van der Waals surface area (Å²) in [5.74, 6) is 0.476. The molecule has 2 saturated heterocycles. The number of carbonyl (C=O) groups is 1. The van der Waals surface area contributed by atoms with Crippen LogP contribution in [0.5, 0.6) is 0 Å². The molecule has 0 radical (unpaired) electrons. The van der Waals surface area contributed by atoms with E-state index in [0.717, 1.165) is 12.8 Å². The van der Waals surface area contributed by atoms with Gasteiger partial charge in [-0.1, -0.05) is 12.1 Å². The van der Waals surface area contributed by atoms with Crippen molar-refractivity contribution < 1.29 is 15.1 Å². The summed E-state index contributed by atoms with van der Waals surface area (Å²) in [6.45, 7) is 2.07. The number of amides is 1. The minimum atomic E-state index is -0.808. The smallest absolute Gasteiger partial charge is 0.237 e. The third-order valence-corrected chi connectivity index (χ3v) is 5.34. The molecule has 3 aliphatic rings. The highest BCUT2D eigenvalue weighted by Crippen LogP contribution is 2.49. The van der Waals surface area contributed by atoms with Gasteiger partial charge in [-0.2, -0.15) is 0 Å². The highest BCUT2D eigenvalue weighted by molar-refractivity contribution is 6.08. The molecule has 6 heteroatoms. The monoisotopic (exact) mass is 281 g/mol. The molecule has 112 valence electrons. The molecule has 2 bridgehead atoms. The first-order chi connectivity index (χ1) is 9.48. The lowest BCUT2D eigenvalue weighted by molar-refractivity contribution is -0.150. The molecule has 1 saturated carbocycles. The maximum Gasteiger partial charge on any atom is 0.237 e. The number of piperidine rings is 1. The Kier molecular flexibility index (Phi) is 3.16. The molecule has 3 rings (SSSR count). The summed E-state index contributed by atoms with van der Waals surface area (Å²) in [6.07, 6.45) is 4.23. The standard InChI is InChI=1S/C14H23N3O3/c1-8-6-14(7-8,12(15)16-20)13(19)17-9-2-3-10(17)5-11(18)4-9/h8-11,18,20H,2-7H2,1H3,(H2,15,16). The van der Waals surface area contributed by atoms with Crippen molar-refractivity contribution in [2.24, 2.45) is 22.2 Å². The van der Waals surface area contributed by atoms with Crippen molar-refractivity contribution in [1.29, 1.82) is 0 Å². The number of fused-ring (bicyclic) bond motifs is 2. The number of aliphatic hydroxyl groups excluding tert-OH is 1. The van der Waals surface area contributed by atoms with E-state index < -0.39 is 5.41 Å². The first-order valence-corrected chi connectivity index (χ1v) is 7.47. The van der Waals surface area contributed by atoms with E-state index in [0.29, 0.717) is 31.6 Å². The third-order valence-electron chi connectivity index (χ3n) is 5.34. The number of hydrogen-bond acceptors (Lipinski definition) is 4. The third kappa shape index (κ3) is 1.81. The zero-order valence-electron chi connectivity index (χ0n) is 11.8. The number of amidine groups is 1. The minimum Gasteiger partial charge on any atom is -0.409 e. The summed E-state index contributed by atoms with van der Waals surface area (Å²) < 4.78 is 0. The van der Waals surface area contributed by atoms with Crippen LogP contribution < -0.4 is 5.73 Å². The van der Waals surface area contributed by atoms with Crippen LogP contribution in [0.3, 0.4) is 0 Å². The maximum absolute atomic E-state index is 13.0. The molecule has 6 nitrogen and oxygen atoms in total. The summed E-state index contributed by atoms with van der Waals surface area (Å²) >= 11 is 0. The van der Waals surface area contributed by atoms with E-state index in [4.69, 9.17) is 10.9 Å². The van der Waals surface area contributed by atoms with E-state index in [9.17, 15) is 9.90 Å². The summed E-state index contributed by atoms with van der Waals surface area (Å²) in [5, 5.41) is 22.0. The second-order valence-electron chi connectivity index (χ2n) is 6.80. The molecule has 2 unspecified atom stereocenters. The summed E-state index contributed by atoms with van der Waals surface area (Å²) in [5.41, 5.74) is 5.02. The van der Waals surface area contributed by atoms with E-state index in [2.05, 4.69) is 12.1 Å². The molecule has 2 aliphatic heterocycles. The molecule has 2 heterocycles. The molecule has 20 heavy (non-hydrogen) atoms. The second-order valence-corrected chi connectivity index (χ2v) is 6.80. The van der Waals surface area contributed by atoms with Gasteiger partial charge in [0.05, 0.1) is 6.10 Å². The number of nitrogens with two attached hydrogens (primary N) is 1. The molecular weight excluding hydrogens is 258 g/mol. The van der Waals surface area contributed by atoms with Crippen molar-refractivity contribution in [3.63, 3.8) is 0 Å². The average Bonchev–Trinajstić information content (AvgIpc) is 2.65. The molecule has 2 atom stereocenters. The summed E-state index contributed by atoms with van der Waals surface area (Å²) in [6, 6.07) is 0.242. The Balaban J connectivity index is 1.85. The van der Waals surface area contributed by atoms with Crippen molar-refractivity contribution >= 4 is 11.7 Å². The van der Waals surface area contributed by atoms with Gasteiger partial charge in [-0.3, -0.25) is 4.79 Å². The van der Waals surface area contributed by atoms with E-state index in [-0.39, 0.29) is 29.9 Å². The summed E-state index contributed by atoms with van der Waals surface area (Å²) in [7, 11) is 0. The van der Waals surface area contributed by atoms with Crippen LogP contribution in [0.25, 0.3) is 0 Å². The van der Waals surface area contributed by atoms with E-state index >= 15 is 0 Å². The Morgan fingerprint density at radius 3 is 2.30 bits per heavy atom. The topological polar surface area (TPSA) is 99.2 Å². The van der Waals surface area contributed by atoms with Gasteiger partial charge in [0, 0.05) is 12.1 Å². The van der Waals surface area contributed by atoms with Crippen molar-refractivity contribution in [2.45, 2.75) is 63.6 Å². The number of oxime groups is 1. The molecule has 4 N–H and O–H groups in total. The largest absolute Gasteiger partial charge is 0.409 e. The van der Waals surface area contributed by atoms with Crippen molar-refractivity contribution in [2.75, 3.05) is 0 Å². The van der Waals surface area contributed by atoms with Gasteiger partial charge in [0.25, 0.3) is 0 Å². The molecule has 0 aromatic heterocycles. The van der Waals surface area contributed by atoms with Gasteiger partial charge in [-0.25, -0.2) is 0 Å². The van der Waals surface area contributed by atoms with Gasteiger partial charge in [-0.05, 0) is 44.4 Å². The molecule has 0 spiro atoms. The van der Waals surface area contributed by atoms with Crippen LogP contribution in [0.2, 0.25) is 0 Å². The fourth-order valence-corrected chi connectivity index (χ4v) is 4.45. The Morgan fingerprint density at radius 2 is 1.85 bits per heavy atom.